The number of anilines is 1. The maximum atomic E-state index is 13.0. The van der Waals surface area contributed by atoms with Crippen LogP contribution >= 0.6 is 27.3 Å². The summed E-state index contributed by atoms with van der Waals surface area (Å²) >= 11 is 4.80. The van der Waals surface area contributed by atoms with E-state index in [1.54, 1.807) is 18.3 Å². The lowest BCUT2D eigenvalue weighted by Gasteiger charge is -2.00. The molecule has 4 nitrogen and oxygen atoms in total. The molecule has 26 heavy (non-hydrogen) atoms. The second-order valence-electron chi connectivity index (χ2n) is 5.65. The first-order valence-electron chi connectivity index (χ1n) is 7.76. The zero-order chi connectivity index (χ0) is 18.1. The van der Waals surface area contributed by atoms with E-state index in [1.165, 1.54) is 29.7 Å². The largest absolute Gasteiger partial charge is 0.462 e. The molecule has 0 aliphatic carbocycles. The Morgan fingerprint density at radius 3 is 2.85 bits per heavy atom. The summed E-state index contributed by atoms with van der Waals surface area (Å²) in [5.74, 6) is -0.533. The van der Waals surface area contributed by atoms with Gasteiger partial charge < -0.3 is 4.42 Å². The highest BCUT2D eigenvalue weighted by atomic mass is 79.9. The van der Waals surface area contributed by atoms with E-state index in [0.29, 0.717) is 22.7 Å². The molecule has 0 unspecified atom stereocenters. The number of halogens is 2. The molecule has 1 amide bonds. The van der Waals surface area contributed by atoms with Crippen LogP contribution in [0.3, 0.4) is 0 Å². The van der Waals surface area contributed by atoms with Crippen molar-refractivity contribution in [3.05, 3.63) is 81.2 Å². The highest BCUT2D eigenvalue weighted by Gasteiger charge is 2.16. The van der Waals surface area contributed by atoms with Gasteiger partial charge >= 0.3 is 0 Å². The average Bonchev–Trinajstić information content (AvgIpc) is 3.24. The lowest BCUT2D eigenvalue weighted by atomic mass is 10.1. The minimum atomic E-state index is -0.274. The van der Waals surface area contributed by atoms with Crippen LogP contribution in [0.15, 0.2) is 63.8 Å². The van der Waals surface area contributed by atoms with Crippen LogP contribution in [0.4, 0.5) is 9.52 Å². The first-order valence-corrected chi connectivity index (χ1v) is 9.37. The van der Waals surface area contributed by atoms with Crippen molar-refractivity contribution in [2.45, 2.75) is 6.42 Å². The molecule has 0 spiro atoms. The van der Waals surface area contributed by atoms with E-state index in [2.05, 4.69) is 26.2 Å². The molecule has 0 saturated heterocycles. The van der Waals surface area contributed by atoms with Gasteiger partial charge in [-0.1, -0.05) is 24.3 Å². The number of rotatable bonds is 4. The maximum absolute atomic E-state index is 13.0. The van der Waals surface area contributed by atoms with E-state index in [0.717, 1.165) is 20.3 Å². The Morgan fingerprint density at radius 2 is 2.04 bits per heavy atom. The van der Waals surface area contributed by atoms with Crippen molar-refractivity contribution < 1.29 is 13.6 Å². The number of furan rings is 1. The van der Waals surface area contributed by atoms with Crippen LogP contribution in [0, 0.1) is 5.82 Å². The lowest BCUT2D eigenvalue weighted by Crippen LogP contribution is -2.10. The fourth-order valence-corrected chi connectivity index (χ4v) is 3.91. The Labute approximate surface area is 160 Å². The van der Waals surface area contributed by atoms with E-state index >= 15 is 0 Å². The number of thiazole rings is 1. The monoisotopic (exact) mass is 430 g/mol. The summed E-state index contributed by atoms with van der Waals surface area (Å²) in [6.07, 6.45) is 3.79. The van der Waals surface area contributed by atoms with Gasteiger partial charge in [0.15, 0.2) is 5.13 Å². The second kappa shape index (κ2) is 7.01. The van der Waals surface area contributed by atoms with Gasteiger partial charge in [-0.05, 0) is 39.7 Å². The highest BCUT2D eigenvalue weighted by Crippen LogP contribution is 2.29. The van der Waals surface area contributed by atoms with Gasteiger partial charge in [-0.25, -0.2) is 9.37 Å². The molecule has 4 aromatic rings. The molecule has 130 valence electrons. The standard InChI is InChI=1S/C19H12BrFN2O2S/c20-16-3-1-2-14-15(10-25-17(14)16)18(24)23-19-22-9-13(26-19)8-11-4-6-12(21)7-5-11/h1-7,9-10H,8H2,(H,22,23,24). The molecule has 2 aromatic carbocycles. The molecule has 2 aromatic heterocycles. The number of nitrogens with one attached hydrogen (secondary N) is 1. The molecule has 0 bridgehead atoms. The molecule has 0 fully saturated rings. The van der Waals surface area contributed by atoms with Crippen molar-refractivity contribution in [3.63, 3.8) is 0 Å². The Morgan fingerprint density at radius 1 is 1.23 bits per heavy atom. The zero-order valence-electron chi connectivity index (χ0n) is 13.3. The molecule has 0 aliphatic rings. The van der Waals surface area contributed by atoms with E-state index in [9.17, 15) is 9.18 Å². The van der Waals surface area contributed by atoms with Crippen LogP contribution in [-0.2, 0) is 6.42 Å². The summed E-state index contributed by atoms with van der Waals surface area (Å²) in [6, 6.07) is 11.9. The molecule has 2 heterocycles. The third-order valence-electron chi connectivity index (χ3n) is 3.86. The number of hydrogen-bond donors (Lipinski definition) is 1. The van der Waals surface area contributed by atoms with Gasteiger partial charge in [-0.15, -0.1) is 11.3 Å². The summed E-state index contributed by atoms with van der Waals surface area (Å²) < 4.78 is 19.2. The summed E-state index contributed by atoms with van der Waals surface area (Å²) in [4.78, 5) is 17.8. The van der Waals surface area contributed by atoms with Crippen molar-refractivity contribution in [2.75, 3.05) is 5.32 Å². The highest BCUT2D eigenvalue weighted by molar-refractivity contribution is 9.10. The number of fused-ring (bicyclic) bond motifs is 1. The molecule has 0 saturated carbocycles. The number of para-hydroxylation sites is 1. The number of carbonyl (C=O) groups excluding carboxylic acids is 1. The predicted octanol–water partition coefficient (Wildman–Crippen LogP) is 5.63. The summed E-state index contributed by atoms with van der Waals surface area (Å²) in [5, 5.41) is 4.05. The van der Waals surface area contributed by atoms with Crippen molar-refractivity contribution in [1.29, 1.82) is 0 Å². The molecule has 0 aliphatic heterocycles. The first kappa shape index (κ1) is 16.9. The summed E-state index contributed by atoms with van der Waals surface area (Å²) in [6.45, 7) is 0. The molecule has 1 N–H and O–H groups in total. The van der Waals surface area contributed by atoms with Crippen molar-refractivity contribution in [3.8, 4) is 0 Å². The third kappa shape index (κ3) is 3.40. The number of benzene rings is 2. The van der Waals surface area contributed by atoms with Crippen LogP contribution in [-0.4, -0.2) is 10.9 Å². The minimum Gasteiger partial charge on any atom is -0.462 e. The summed E-state index contributed by atoms with van der Waals surface area (Å²) in [7, 11) is 0. The van der Waals surface area contributed by atoms with Crippen LogP contribution in [0.5, 0.6) is 0 Å². The number of nitrogens with zero attached hydrogens (tertiary/aromatic N) is 1. The Balaban J connectivity index is 1.50. The van der Waals surface area contributed by atoms with Crippen LogP contribution < -0.4 is 5.32 Å². The Hall–Kier alpha value is -2.51. The average molecular weight is 431 g/mol. The second-order valence-corrected chi connectivity index (χ2v) is 7.62. The minimum absolute atomic E-state index is 0.259. The molecular weight excluding hydrogens is 419 g/mol. The normalized spacial score (nSPS) is 11.0. The number of hydrogen-bond acceptors (Lipinski definition) is 4. The maximum Gasteiger partial charge on any atom is 0.261 e. The topological polar surface area (TPSA) is 55.1 Å². The van der Waals surface area contributed by atoms with E-state index in [4.69, 9.17) is 4.42 Å². The van der Waals surface area contributed by atoms with Crippen LogP contribution in [0.2, 0.25) is 0 Å². The van der Waals surface area contributed by atoms with Crippen molar-refractivity contribution >= 4 is 49.3 Å². The third-order valence-corrected chi connectivity index (χ3v) is 5.40. The molecule has 0 atom stereocenters. The van der Waals surface area contributed by atoms with Gasteiger partial charge in [0.1, 0.15) is 17.7 Å². The molecule has 0 radical (unpaired) electrons. The lowest BCUT2D eigenvalue weighted by molar-refractivity contribution is 0.102. The van der Waals surface area contributed by atoms with Gasteiger partial charge in [0.25, 0.3) is 5.91 Å². The van der Waals surface area contributed by atoms with E-state index < -0.39 is 0 Å². The quantitative estimate of drug-likeness (QED) is 0.456. The van der Waals surface area contributed by atoms with Crippen LogP contribution in [0.1, 0.15) is 20.8 Å². The van der Waals surface area contributed by atoms with Gasteiger partial charge in [-0.2, -0.15) is 0 Å². The summed E-state index contributed by atoms with van der Waals surface area (Å²) in [5.41, 5.74) is 2.07. The van der Waals surface area contributed by atoms with Gasteiger partial charge in [0.05, 0.1) is 10.0 Å². The van der Waals surface area contributed by atoms with E-state index in [1.807, 2.05) is 18.2 Å². The molecular formula is C19H12BrFN2O2S. The zero-order valence-corrected chi connectivity index (χ0v) is 15.7. The first-order chi connectivity index (χ1) is 12.6. The Kier molecular flexibility index (Phi) is 4.57. The fourth-order valence-electron chi connectivity index (χ4n) is 2.61. The SMILES string of the molecule is O=C(Nc1ncc(Cc2ccc(F)cc2)s1)c1coc2c(Br)cccc12. The van der Waals surface area contributed by atoms with E-state index in [-0.39, 0.29) is 11.7 Å². The molecule has 7 heteroatoms. The fraction of sp³-hybridized carbons (Fsp3) is 0.0526. The van der Waals surface area contributed by atoms with Crippen LogP contribution in [0.25, 0.3) is 11.0 Å². The predicted molar refractivity (Wildman–Crippen MR) is 103 cm³/mol. The molecule has 4 rings (SSSR count). The van der Waals surface area contributed by atoms with Gasteiger partial charge in [0.2, 0.25) is 0 Å². The van der Waals surface area contributed by atoms with Gasteiger partial charge in [-0.3, -0.25) is 10.1 Å². The van der Waals surface area contributed by atoms with Gasteiger partial charge in [0, 0.05) is 22.9 Å². The van der Waals surface area contributed by atoms with Crippen molar-refractivity contribution in [2.24, 2.45) is 0 Å². The smallest absolute Gasteiger partial charge is 0.261 e. The number of amides is 1. The van der Waals surface area contributed by atoms with Crippen molar-refractivity contribution in [1.82, 2.24) is 4.98 Å². The number of aromatic nitrogens is 1. The number of carbonyl (C=O) groups is 1. The Bertz CT molecular complexity index is 1090.